The molecule has 1 aromatic rings. The maximum absolute atomic E-state index is 5.75. The molecule has 3 heterocycles. The third kappa shape index (κ3) is 3.73. The van der Waals surface area contributed by atoms with Crippen molar-refractivity contribution in [2.75, 3.05) is 70.7 Å². The molecule has 3 fully saturated rings. The van der Waals surface area contributed by atoms with Gasteiger partial charge in [0.1, 0.15) is 0 Å². The summed E-state index contributed by atoms with van der Waals surface area (Å²) in [5.41, 5.74) is 3.70. The Kier molecular flexibility index (Phi) is 5.30. The predicted octanol–water partition coefficient (Wildman–Crippen LogP) is 1.40. The van der Waals surface area contributed by atoms with Crippen molar-refractivity contribution in [1.29, 1.82) is 0 Å². The molecule has 0 aromatic heterocycles. The summed E-state index contributed by atoms with van der Waals surface area (Å²) >= 11 is 0. The second-order valence-corrected chi connectivity index (χ2v) is 6.45. The largest absolute Gasteiger partial charge is 0.379 e. The Morgan fingerprint density at radius 2 is 1.50 bits per heavy atom. The lowest BCUT2D eigenvalue weighted by atomic mass is 10.1. The Morgan fingerprint density at radius 3 is 2.21 bits per heavy atom. The monoisotopic (exact) mass is 334 g/mol. The molecule has 0 radical (unpaired) electrons. The molecular weight excluding hydrogens is 308 g/mol. The van der Waals surface area contributed by atoms with Crippen LogP contribution in [0.15, 0.2) is 18.2 Å². The summed E-state index contributed by atoms with van der Waals surface area (Å²) in [6.07, 6.45) is -0.236. The van der Waals surface area contributed by atoms with E-state index >= 15 is 0 Å². The molecule has 0 amide bonds. The molecular formula is C18H26N2O4. The number of benzene rings is 1. The van der Waals surface area contributed by atoms with Crippen LogP contribution in [0.25, 0.3) is 0 Å². The minimum atomic E-state index is -0.236. The van der Waals surface area contributed by atoms with Gasteiger partial charge in [0, 0.05) is 44.0 Å². The van der Waals surface area contributed by atoms with E-state index in [1.807, 2.05) is 0 Å². The summed E-state index contributed by atoms with van der Waals surface area (Å²) in [6.45, 7) is 9.36. The number of hydrogen-bond acceptors (Lipinski definition) is 6. The Labute approximate surface area is 143 Å². The molecule has 0 bridgehead atoms. The van der Waals surface area contributed by atoms with E-state index in [4.69, 9.17) is 18.9 Å². The quantitative estimate of drug-likeness (QED) is 0.829. The molecule has 4 rings (SSSR count). The topological polar surface area (TPSA) is 43.4 Å². The average molecular weight is 334 g/mol. The first-order valence-electron chi connectivity index (χ1n) is 8.89. The van der Waals surface area contributed by atoms with Crippen LogP contribution in [0, 0.1) is 0 Å². The zero-order valence-corrected chi connectivity index (χ0v) is 14.1. The summed E-state index contributed by atoms with van der Waals surface area (Å²) in [5, 5.41) is 0. The van der Waals surface area contributed by atoms with Crippen molar-refractivity contribution < 1.29 is 18.9 Å². The third-order valence-corrected chi connectivity index (χ3v) is 4.83. The Hall–Kier alpha value is -1.18. The molecule has 0 unspecified atom stereocenters. The van der Waals surface area contributed by atoms with Crippen LogP contribution in [0.4, 0.5) is 5.69 Å². The number of hydrogen-bond donors (Lipinski definition) is 0. The van der Waals surface area contributed by atoms with Gasteiger partial charge >= 0.3 is 0 Å². The molecule has 0 aliphatic carbocycles. The summed E-state index contributed by atoms with van der Waals surface area (Å²) in [6, 6.07) is 6.69. The van der Waals surface area contributed by atoms with Crippen LogP contribution in [0.5, 0.6) is 0 Å². The van der Waals surface area contributed by atoms with E-state index in [2.05, 4.69) is 28.0 Å². The standard InChI is InChI=1S/C18H26N2O4/c1-2-16(18-23-11-12-24-18)17(20-5-9-22-10-6-20)13-15(1)14-19-3-7-21-8-4-19/h1-2,13,18H,3-12,14H2. The SMILES string of the molecule is c1cc(C2OCCO2)c(N2CCOCC2)cc1CN1CCOCC1. The lowest BCUT2D eigenvalue weighted by molar-refractivity contribution is -0.0438. The minimum absolute atomic E-state index is 0.236. The van der Waals surface area contributed by atoms with Gasteiger partial charge in [-0.3, -0.25) is 4.90 Å². The highest BCUT2D eigenvalue weighted by molar-refractivity contribution is 5.56. The predicted molar refractivity (Wildman–Crippen MR) is 90.2 cm³/mol. The Morgan fingerprint density at radius 1 is 0.833 bits per heavy atom. The van der Waals surface area contributed by atoms with E-state index in [1.54, 1.807) is 0 Å². The summed E-state index contributed by atoms with van der Waals surface area (Å²) in [7, 11) is 0. The van der Waals surface area contributed by atoms with Crippen LogP contribution < -0.4 is 4.90 Å². The van der Waals surface area contributed by atoms with Crippen molar-refractivity contribution in [2.24, 2.45) is 0 Å². The third-order valence-electron chi connectivity index (χ3n) is 4.83. The fourth-order valence-corrected chi connectivity index (χ4v) is 3.52. The molecule has 1 aromatic carbocycles. The lowest BCUT2D eigenvalue weighted by Gasteiger charge is -2.32. The number of morpholine rings is 2. The first-order chi connectivity index (χ1) is 11.9. The second-order valence-electron chi connectivity index (χ2n) is 6.45. The average Bonchev–Trinajstić information content (AvgIpc) is 3.18. The van der Waals surface area contributed by atoms with Crippen molar-refractivity contribution in [2.45, 2.75) is 12.8 Å². The molecule has 3 saturated heterocycles. The highest BCUT2D eigenvalue weighted by atomic mass is 16.7. The van der Waals surface area contributed by atoms with Gasteiger partial charge in [-0.15, -0.1) is 0 Å². The van der Waals surface area contributed by atoms with Gasteiger partial charge in [-0.05, 0) is 11.6 Å². The minimum Gasteiger partial charge on any atom is -0.379 e. The van der Waals surface area contributed by atoms with Gasteiger partial charge in [0.2, 0.25) is 0 Å². The molecule has 0 N–H and O–H groups in total. The van der Waals surface area contributed by atoms with Crippen LogP contribution in [-0.4, -0.2) is 70.7 Å². The van der Waals surface area contributed by atoms with Crippen molar-refractivity contribution in [3.05, 3.63) is 29.3 Å². The molecule has 3 aliphatic heterocycles. The van der Waals surface area contributed by atoms with Gasteiger partial charge in [0.15, 0.2) is 6.29 Å². The van der Waals surface area contributed by atoms with Crippen molar-refractivity contribution in [3.63, 3.8) is 0 Å². The van der Waals surface area contributed by atoms with Gasteiger partial charge in [-0.2, -0.15) is 0 Å². The molecule has 132 valence electrons. The molecule has 0 spiro atoms. The fourth-order valence-electron chi connectivity index (χ4n) is 3.52. The van der Waals surface area contributed by atoms with Gasteiger partial charge in [0.05, 0.1) is 39.6 Å². The number of rotatable bonds is 4. The van der Waals surface area contributed by atoms with E-state index in [0.29, 0.717) is 13.2 Å². The van der Waals surface area contributed by atoms with E-state index in [-0.39, 0.29) is 6.29 Å². The van der Waals surface area contributed by atoms with E-state index in [1.165, 1.54) is 11.3 Å². The molecule has 3 aliphatic rings. The van der Waals surface area contributed by atoms with Crippen molar-refractivity contribution >= 4 is 5.69 Å². The van der Waals surface area contributed by atoms with Crippen LogP contribution in [0.1, 0.15) is 17.4 Å². The van der Waals surface area contributed by atoms with Crippen LogP contribution >= 0.6 is 0 Å². The first-order valence-corrected chi connectivity index (χ1v) is 8.89. The number of anilines is 1. The van der Waals surface area contributed by atoms with Crippen molar-refractivity contribution in [3.8, 4) is 0 Å². The van der Waals surface area contributed by atoms with Gasteiger partial charge < -0.3 is 23.8 Å². The summed E-state index contributed by atoms with van der Waals surface area (Å²) < 4.78 is 22.5. The van der Waals surface area contributed by atoms with Crippen LogP contribution in [0.3, 0.4) is 0 Å². The van der Waals surface area contributed by atoms with Gasteiger partial charge in [-0.1, -0.05) is 12.1 Å². The maximum Gasteiger partial charge on any atom is 0.186 e. The molecule has 6 heteroatoms. The Balaban J connectivity index is 1.56. The van der Waals surface area contributed by atoms with E-state index in [9.17, 15) is 0 Å². The van der Waals surface area contributed by atoms with Crippen LogP contribution in [-0.2, 0) is 25.5 Å². The normalized spacial score (nSPS) is 23.8. The highest BCUT2D eigenvalue weighted by Crippen LogP contribution is 2.33. The number of nitrogens with zero attached hydrogens (tertiary/aromatic N) is 2. The van der Waals surface area contributed by atoms with Gasteiger partial charge in [0.25, 0.3) is 0 Å². The molecule has 24 heavy (non-hydrogen) atoms. The molecule has 6 nitrogen and oxygen atoms in total. The summed E-state index contributed by atoms with van der Waals surface area (Å²) in [5.74, 6) is 0. The van der Waals surface area contributed by atoms with E-state index in [0.717, 1.165) is 64.7 Å². The molecule has 0 saturated carbocycles. The van der Waals surface area contributed by atoms with Crippen LogP contribution in [0.2, 0.25) is 0 Å². The fraction of sp³-hybridized carbons (Fsp3) is 0.667. The lowest BCUT2D eigenvalue weighted by Crippen LogP contribution is -2.37. The number of ether oxygens (including phenoxy) is 4. The zero-order chi connectivity index (χ0) is 16.2. The smallest absolute Gasteiger partial charge is 0.186 e. The van der Waals surface area contributed by atoms with E-state index < -0.39 is 0 Å². The zero-order valence-electron chi connectivity index (χ0n) is 14.1. The highest BCUT2D eigenvalue weighted by Gasteiger charge is 2.25. The second kappa shape index (κ2) is 7.80. The van der Waals surface area contributed by atoms with Gasteiger partial charge in [-0.25, -0.2) is 0 Å². The Bertz CT molecular complexity index is 536. The molecule has 0 atom stereocenters. The first kappa shape index (κ1) is 16.3. The summed E-state index contributed by atoms with van der Waals surface area (Å²) in [4.78, 5) is 4.84. The van der Waals surface area contributed by atoms with Crippen molar-refractivity contribution in [1.82, 2.24) is 4.90 Å². The maximum atomic E-state index is 5.75.